The van der Waals surface area contributed by atoms with E-state index in [-0.39, 0.29) is 11.5 Å². The topological polar surface area (TPSA) is 102 Å². The van der Waals surface area contributed by atoms with Gasteiger partial charge in [-0.3, -0.25) is 9.36 Å². The lowest BCUT2D eigenvalue weighted by atomic mass is 10.1. The van der Waals surface area contributed by atoms with Crippen LogP contribution >= 0.6 is 18.9 Å². The summed E-state index contributed by atoms with van der Waals surface area (Å²) in [6, 6.07) is 14.9. The molecule has 1 aromatic heterocycles. The molecule has 0 radical (unpaired) electrons. The minimum atomic E-state index is -3.65. The summed E-state index contributed by atoms with van der Waals surface area (Å²) in [6.07, 6.45) is 0.687. The lowest BCUT2D eigenvalue weighted by molar-refractivity contribution is -0.145. The molecule has 0 spiro atoms. The first-order valence-electron chi connectivity index (χ1n) is 10.3. The molecule has 0 bridgehead atoms. The molecule has 2 unspecified atom stereocenters. The zero-order chi connectivity index (χ0) is 23.3. The van der Waals surface area contributed by atoms with E-state index in [4.69, 9.17) is 9.26 Å². The number of ether oxygens (including phenoxy) is 1. The Morgan fingerprint density at radius 2 is 1.84 bits per heavy atom. The number of carbonyl (C=O) groups is 2. The van der Waals surface area contributed by atoms with E-state index in [0.717, 1.165) is 10.1 Å². The average molecular weight is 476 g/mol. The second-order valence-corrected chi connectivity index (χ2v) is 10.9. The monoisotopic (exact) mass is 475 g/mol. The Kier molecular flexibility index (Phi) is 7.72. The molecule has 32 heavy (non-hydrogen) atoms. The summed E-state index contributed by atoms with van der Waals surface area (Å²) in [5, 5.41) is 12.9. The molecular formula is C23H26NO6PS. The summed E-state index contributed by atoms with van der Waals surface area (Å²) in [7, 11) is -3.65. The van der Waals surface area contributed by atoms with Gasteiger partial charge in [-0.25, -0.2) is 9.88 Å². The third kappa shape index (κ3) is 5.57. The van der Waals surface area contributed by atoms with Crippen molar-refractivity contribution in [3.63, 3.8) is 0 Å². The van der Waals surface area contributed by atoms with Gasteiger partial charge in [0.2, 0.25) is 0 Å². The molecule has 2 aromatic carbocycles. The maximum absolute atomic E-state index is 14.1. The van der Waals surface area contributed by atoms with E-state index in [2.05, 4.69) is 5.09 Å². The number of thiophene rings is 1. The van der Waals surface area contributed by atoms with E-state index in [1.807, 2.05) is 25.1 Å². The fourth-order valence-corrected chi connectivity index (χ4v) is 6.08. The molecule has 2 N–H and O–H groups in total. The standard InChI is InChI=1S/C23H26NO6PS/c1-4-12-29-23(27)15(2)24-31(28,30-19-8-6-5-7-9-19)16(3)17-10-11-20-18(13-17)14-21(32-20)22(25)26/h5-11,13-16H,4,12H2,1-3H3,(H,24,28)(H,25,26)/t15-,16?,31?/m0/s1. The molecule has 0 amide bonds. The number of fused-ring (bicyclic) bond motifs is 1. The van der Waals surface area contributed by atoms with E-state index in [1.54, 1.807) is 50.2 Å². The minimum Gasteiger partial charge on any atom is -0.477 e. The summed E-state index contributed by atoms with van der Waals surface area (Å²) in [5.74, 6) is -1.08. The molecule has 0 aliphatic carbocycles. The number of nitrogens with one attached hydrogen (secondary N) is 1. The predicted octanol–water partition coefficient (Wildman–Crippen LogP) is 5.86. The molecule has 1 heterocycles. The van der Waals surface area contributed by atoms with Gasteiger partial charge in [0.25, 0.3) is 0 Å². The number of hydrogen-bond donors (Lipinski definition) is 2. The van der Waals surface area contributed by atoms with Gasteiger partial charge in [0.05, 0.1) is 12.3 Å². The highest BCUT2D eigenvalue weighted by molar-refractivity contribution is 7.57. The molecule has 3 rings (SSSR count). The minimum absolute atomic E-state index is 0.235. The molecule has 7 nitrogen and oxygen atoms in total. The molecule has 0 fully saturated rings. The van der Waals surface area contributed by atoms with Crippen LogP contribution < -0.4 is 9.61 Å². The van der Waals surface area contributed by atoms with Crippen LogP contribution in [-0.2, 0) is 14.1 Å². The third-order valence-electron chi connectivity index (χ3n) is 4.90. The first-order chi connectivity index (χ1) is 15.2. The fraction of sp³-hybridized carbons (Fsp3) is 0.304. The maximum atomic E-state index is 14.1. The molecule has 0 aliphatic rings. The van der Waals surface area contributed by atoms with Crippen LogP contribution in [0.15, 0.2) is 54.6 Å². The molecule has 170 valence electrons. The van der Waals surface area contributed by atoms with Crippen molar-refractivity contribution >= 4 is 40.9 Å². The number of carboxylic acid groups (broad SMARTS) is 1. The number of benzene rings is 2. The van der Waals surface area contributed by atoms with Crippen molar-refractivity contribution in [1.82, 2.24) is 5.09 Å². The van der Waals surface area contributed by atoms with Gasteiger partial charge in [-0.05, 0) is 61.5 Å². The molecular weight excluding hydrogens is 449 g/mol. The van der Waals surface area contributed by atoms with Crippen LogP contribution in [0.3, 0.4) is 0 Å². The average Bonchev–Trinajstić information content (AvgIpc) is 3.21. The highest BCUT2D eigenvalue weighted by atomic mass is 32.1. The Morgan fingerprint density at radius 3 is 2.50 bits per heavy atom. The lowest BCUT2D eigenvalue weighted by Gasteiger charge is -2.28. The summed E-state index contributed by atoms with van der Waals surface area (Å²) in [4.78, 5) is 23.9. The van der Waals surface area contributed by atoms with Gasteiger partial charge < -0.3 is 14.4 Å². The Morgan fingerprint density at radius 1 is 1.12 bits per heavy atom. The van der Waals surface area contributed by atoms with Crippen molar-refractivity contribution in [3.8, 4) is 5.75 Å². The second kappa shape index (κ2) is 10.3. The number of para-hydroxylation sites is 1. The smallest absolute Gasteiger partial charge is 0.345 e. The highest BCUT2D eigenvalue weighted by Gasteiger charge is 2.37. The summed E-state index contributed by atoms with van der Waals surface area (Å²) in [5.41, 5.74) is 0.0786. The molecule has 3 aromatic rings. The Hall–Kier alpha value is -2.67. The van der Waals surface area contributed by atoms with Crippen LogP contribution in [-0.4, -0.2) is 29.7 Å². The number of carbonyl (C=O) groups excluding carboxylic acids is 1. The van der Waals surface area contributed by atoms with Gasteiger partial charge >= 0.3 is 19.5 Å². The van der Waals surface area contributed by atoms with Crippen molar-refractivity contribution in [1.29, 1.82) is 0 Å². The van der Waals surface area contributed by atoms with Crippen LogP contribution in [0.1, 0.15) is 48.1 Å². The van der Waals surface area contributed by atoms with Crippen molar-refractivity contribution in [3.05, 3.63) is 65.0 Å². The van der Waals surface area contributed by atoms with Crippen molar-refractivity contribution in [2.24, 2.45) is 0 Å². The molecule has 0 saturated carbocycles. The highest BCUT2D eigenvalue weighted by Crippen LogP contribution is 2.57. The van der Waals surface area contributed by atoms with Crippen LogP contribution in [0.2, 0.25) is 0 Å². The van der Waals surface area contributed by atoms with Gasteiger partial charge in [-0.1, -0.05) is 31.2 Å². The zero-order valence-corrected chi connectivity index (χ0v) is 19.8. The van der Waals surface area contributed by atoms with E-state index < -0.39 is 31.2 Å². The molecule has 9 heteroatoms. The molecule has 0 aliphatic heterocycles. The summed E-state index contributed by atoms with van der Waals surface area (Å²) in [6.45, 7) is 5.53. The van der Waals surface area contributed by atoms with Gasteiger partial charge in [-0.15, -0.1) is 11.3 Å². The second-order valence-electron chi connectivity index (χ2n) is 7.41. The van der Waals surface area contributed by atoms with Crippen molar-refractivity contribution in [2.45, 2.75) is 38.9 Å². The van der Waals surface area contributed by atoms with E-state index in [9.17, 15) is 19.3 Å². The summed E-state index contributed by atoms with van der Waals surface area (Å²) >= 11 is 1.18. The van der Waals surface area contributed by atoms with Crippen LogP contribution in [0.5, 0.6) is 5.75 Å². The predicted molar refractivity (Wildman–Crippen MR) is 126 cm³/mol. The number of hydrogen-bond acceptors (Lipinski definition) is 6. The van der Waals surface area contributed by atoms with Gasteiger partial charge in [0, 0.05) is 4.70 Å². The van der Waals surface area contributed by atoms with Crippen molar-refractivity contribution in [2.75, 3.05) is 6.61 Å². The fourth-order valence-electron chi connectivity index (χ4n) is 3.13. The van der Waals surface area contributed by atoms with Crippen LogP contribution in [0, 0.1) is 0 Å². The van der Waals surface area contributed by atoms with E-state index in [1.165, 1.54) is 11.3 Å². The Balaban J connectivity index is 1.94. The number of esters is 1. The van der Waals surface area contributed by atoms with Gasteiger partial charge in [0.15, 0.2) is 0 Å². The van der Waals surface area contributed by atoms with Crippen LogP contribution in [0.25, 0.3) is 10.1 Å². The molecule has 3 atom stereocenters. The number of aromatic carboxylic acids is 1. The molecule has 0 saturated heterocycles. The Labute approximate surface area is 190 Å². The first kappa shape index (κ1) is 24.0. The van der Waals surface area contributed by atoms with E-state index in [0.29, 0.717) is 17.7 Å². The van der Waals surface area contributed by atoms with Crippen LogP contribution in [0.4, 0.5) is 0 Å². The number of carboxylic acids is 1. The van der Waals surface area contributed by atoms with E-state index >= 15 is 0 Å². The first-order valence-corrected chi connectivity index (χ1v) is 12.8. The quantitative estimate of drug-likeness (QED) is 0.279. The van der Waals surface area contributed by atoms with Crippen molar-refractivity contribution < 1.29 is 28.5 Å². The normalized spacial score (nSPS) is 15.0. The maximum Gasteiger partial charge on any atom is 0.345 e. The summed E-state index contributed by atoms with van der Waals surface area (Å²) < 4.78 is 26.0. The van der Waals surface area contributed by atoms with Gasteiger partial charge in [0.1, 0.15) is 16.7 Å². The Bertz CT molecular complexity index is 1150. The largest absolute Gasteiger partial charge is 0.477 e. The zero-order valence-electron chi connectivity index (χ0n) is 18.1. The lowest BCUT2D eigenvalue weighted by Crippen LogP contribution is -2.35. The number of rotatable bonds is 10. The third-order valence-corrected chi connectivity index (χ3v) is 8.55. The SMILES string of the molecule is CCCOC(=O)[C@H](C)NP(=O)(Oc1ccccc1)C(C)c1ccc2sc(C(=O)O)cc2c1. The van der Waals surface area contributed by atoms with Gasteiger partial charge in [-0.2, -0.15) is 0 Å².